The molecular formula is C21H26N2O3S2. The zero-order valence-electron chi connectivity index (χ0n) is 16.1. The summed E-state index contributed by atoms with van der Waals surface area (Å²) >= 11 is 6.28. The molecule has 0 spiro atoms. The van der Waals surface area contributed by atoms with Gasteiger partial charge in [-0.3, -0.25) is 14.5 Å². The van der Waals surface area contributed by atoms with Crippen molar-refractivity contribution in [3.8, 4) is 0 Å². The summed E-state index contributed by atoms with van der Waals surface area (Å²) in [5, 5.41) is 8.91. The van der Waals surface area contributed by atoms with Crippen LogP contribution in [0.4, 0.5) is 5.69 Å². The van der Waals surface area contributed by atoms with Crippen LogP contribution in [-0.2, 0) is 9.59 Å². The monoisotopic (exact) mass is 418 g/mol. The molecule has 0 radical (unpaired) electrons. The van der Waals surface area contributed by atoms with Gasteiger partial charge in [-0.1, -0.05) is 62.3 Å². The van der Waals surface area contributed by atoms with Gasteiger partial charge in [-0.25, -0.2) is 0 Å². The molecule has 1 unspecified atom stereocenters. The van der Waals surface area contributed by atoms with Crippen LogP contribution in [0, 0.1) is 5.92 Å². The number of anilines is 1. The summed E-state index contributed by atoms with van der Waals surface area (Å²) in [5.74, 6) is -0.612. The van der Waals surface area contributed by atoms with Gasteiger partial charge in [0, 0.05) is 18.8 Å². The molecule has 3 rings (SSSR count). The van der Waals surface area contributed by atoms with Crippen LogP contribution in [0.3, 0.4) is 0 Å². The molecule has 150 valence electrons. The Morgan fingerprint density at radius 2 is 2.07 bits per heavy atom. The van der Waals surface area contributed by atoms with Crippen molar-refractivity contribution in [2.45, 2.75) is 39.0 Å². The van der Waals surface area contributed by atoms with Gasteiger partial charge in [0.15, 0.2) is 0 Å². The number of thioether (sulfide) groups is 1. The lowest BCUT2D eigenvalue weighted by Gasteiger charge is -2.19. The Balaban J connectivity index is 1.61. The van der Waals surface area contributed by atoms with Gasteiger partial charge in [0.05, 0.1) is 4.91 Å². The third kappa shape index (κ3) is 5.14. The minimum Gasteiger partial charge on any atom is -0.480 e. The van der Waals surface area contributed by atoms with Crippen molar-refractivity contribution in [3.63, 3.8) is 0 Å². The number of amides is 1. The topological polar surface area (TPSA) is 60.9 Å². The maximum atomic E-state index is 12.4. The second-order valence-electron chi connectivity index (χ2n) is 7.35. The average Bonchev–Trinajstić information content (AvgIpc) is 3.23. The predicted octanol–water partition coefficient (Wildman–Crippen LogP) is 4.38. The van der Waals surface area contributed by atoms with Crippen molar-refractivity contribution in [1.82, 2.24) is 4.90 Å². The first kappa shape index (κ1) is 20.9. The summed E-state index contributed by atoms with van der Waals surface area (Å²) in [4.78, 5) is 27.3. The quantitative estimate of drug-likeness (QED) is 0.384. The number of aliphatic carboxylic acids is 1. The van der Waals surface area contributed by atoms with E-state index in [0.717, 1.165) is 41.2 Å². The molecule has 2 heterocycles. The van der Waals surface area contributed by atoms with E-state index in [2.05, 4.69) is 24.0 Å². The molecule has 1 amide bonds. The van der Waals surface area contributed by atoms with Gasteiger partial charge in [-0.2, -0.15) is 0 Å². The number of carbonyl (C=O) groups is 2. The summed E-state index contributed by atoms with van der Waals surface area (Å²) in [5.41, 5.74) is 2.13. The fraction of sp³-hybridized carbons (Fsp3) is 0.476. The van der Waals surface area contributed by atoms with E-state index in [1.165, 1.54) is 37.8 Å². The lowest BCUT2D eigenvalue weighted by atomic mass is 10.0. The molecule has 5 nitrogen and oxygen atoms in total. The number of carboxylic acid groups (broad SMARTS) is 1. The smallest absolute Gasteiger partial charge is 0.323 e. The first-order valence-corrected chi connectivity index (χ1v) is 11.0. The zero-order valence-corrected chi connectivity index (χ0v) is 17.7. The fourth-order valence-electron chi connectivity index (χ4n) is 3.69. The molecule has 1 atom stereocenters. The van der Waals surface area contributed by atoms with Crippen molar-refractivity contribution in [3.05, 3.63) is 34.7 Å². The molecule has 1 aromatic carbocycles. The highest BCUT2D eigenvalue weighted by atomic mass is 32.2. The van der Waals surface area contributed by atoms with Gasteiger partial charge in [-0.05, 0) is 42.5 Å². The van der Waals surface area contributed by atoms with Crippen LogP contribution < -0.4 is 4.90 Å². The van der Waals surface area contributed by atoms with Gasteiger partial charge >= 0.3 is 5.97 Å². The van der Waals surface area contributed by atoms with Crippen molar-refractivity contribution >= 4 is 51.9 Å². The molecule has 2 aliphatic heterocycles. The van der Waals surface area contributed by atoms with Gasteiger partial charge < -0.3 is 10.0 Å². The van der Waals surface area contributed by atoms with E-state index >= 15 is 0 Å². The van der Waals surface area contributed by atoms with Gasteiger partial charge in [-0.15, -0.1) is 0 Å². The number of benzene rings is 1. The Hall–Kier alpha value is -1.86. The van der Waals surface area contributed by atoms with Crippen LogP contribution in [0.2, 0.25) is 0 Å². The first-order valence-electron chi connectivity index (χ1n) is 9.80. The molecule has 28 heavy (non-hydrogen) atoms. The molecule has 0 aliphatic carbocycles. The highest BCUT2D eigenvalue weighted by Crippen LogP contribution is 2.33. The maximum absolute atomic E-state index is 12.4. The number of nitrogens with zero attached hydrogens (tertiary/aromatic N) is 2. The van der Waals surface area contributed by atoms with E-state index in [0.29, 0.717) is 9.23 Å². The molecule has 2 fully saturated rings. The van der Waals surface area contributed by atoms with Crippen LogP contribution in [-0.4, -0.2) is 45.8 Å². The largest absolute Gasteiger partial charge is 0.480 e. The Kier molecular flexibility index (Phi) is 7.13. The Morgan fingerprint density at radius 1 is 1.32 bits per heavy atom. The number of thiocarbonyl (C=S) groups is 1. The highest BCUT2D eigenvalue weighted by molar-refractivity contribution is 8.26. The van der Waals surface area contributed by atoms with Crippen LogP contribution >= 0.6 is 24.0 Å². The standard InChI is InChI=1S/C21H26N2O3S2/c1-2-3-4-5-16-10-11-22(13-16)17-8-6-15(7-9-17)12-18-20(26)23(14-19(24)25)21(27)28-18/h6-9,12,16H,2-5,10-11,13-14H2,1H3,(H,24,25)/b18-12-. The molecule has 1 aromatic rings. The molecule has 0 bridgehead atoms. The second kappa shape index (κ2) is 9.56. The molecule has 0 saturated carbocycles. The molecule has 0 aromatic heterocycles. The van der Waals surface area contributed by atoms with Crippen molar-refractivity contribution in [2.24, 2.45) is 5.92 Å². The molecule has 2 saturated heterocycles. The second-order valence-corrected chi connectivity index (χ2v) is 9.03. The van der Waals surface area contributed by atoms with Crippen molar-refractivity contribution in [1.29, 1.82) is 0 Å². The van der Waals surface area contributed by atoms with Gasteiger partial charge in [0.1, 0.15) is 10.9 Å². The highest BCUT2D eigenvalue weighted by Gasteiger charge is 2.33. The molecule has 2 aliphatic rings. The number of rotatable bonds is 8. The number of hydrogen-bond acceptors (Lipinski definition) is 5. The normalized spacial score (nSPS) is 21.2. The summed E-state index contributed by atoms with van der Waals surface area (Å²) in [6.07, 6.45) is 8.28. The minimum atomic E-state index is -1.07. The van der Waals surface area contributed by atoms with E-state index in [9.17, 15) is 9.59 Å². The summed E-state index contributed by atoms with van der Waals surface area (Å²) in [6, 6.07) is 8.20. The number of carboxylic acids is 1. The molecule has 1 N–H and O–H groups in total. The zero-order chi connectivity index (χ0) is 20.1. The van der Waals surface area contributed by atoms with E-state index in [1.54, 1.807) is 6.08 Å². The van der Waals surface area contributed by atoms with Crippen LogP contribution in [0.5, 0.6) is 0 Å². The third-order valence-corrected chi connectivity index (χ3v) is 6.60. The van der Waals surface area contributed by atoms with Crippen LogP contribution in [0.25, 0.3) is 6.08 Å². The number of hydrogen-bond donors (Lipinski definition) is 1. The van der Waals surface area contributed by atoms with Gasteiger partial charge in [0.2, 0.25) is 0 Å². The summed E-state index contributed by atoms with van der Waals surface area (Å²) in [6.45, 7) is 4.07. The molecule has 7 heteroatoms. The first-order chi connectivity index (χ1) is 13.5. The Bertz CT molecular complexity index is 776. The predicted molar refractivity (Wildman–Crippen MR) is 118 cm³/mol. The average molecular weight is 419 g/mol. The number of unbranched alkanes of at least 4 members (excludes halogenated alkanes) is 2. The molecular weight excluding hydrogens is 392 g/mol. The maximum Gasteiger partial charge on any atom is 0.323 e. The van der Waals surface area contributed by atoms with E-state index in [1.807, 2.05) is 12.1 Å². The SMILES string of the molecule is CCCCCC1CCN(c2ccc(/C=C3\SC(=S)N(CC(=O)O)C3=O)cc2)C1. The van der Waals surface area contributed by atoms with Crippen molar-refractivity contribution < 1.29 is 14.7 Å². The van der Waals surface area contributed by atoms with E-state index in [-0.39, 0.29) is 5.91 Å². The lowest BCUT2D eigenvalue weighted by molar-refractivity contribution is -0.140. The third-order valence-electron chi connectivity index (χ3n) is 5.22. The minimum absolute atomic E-state index is 0.293. The van der Waals surface area contributed by atoms with Crippen LogP contribution in [0.15, 0.2) is 29.2 Å². The van der Waals surface area contributed by atoms with E-state index < -0.39 is 12.5 Å². The number of carbonyl (C=O) groups excluding carboxylic acids is 1. The van der Waals surface area contributed by atoms with Crippen molar-refractivity contribution in [2.75, 3.05) is 24.5 Å². The Morgan fingerprint density at radius 3 is 2.75 bits per heavy atom. The van der Waals surface area contributed by atoms with E-state index in [4.69, 9.17) is 17.3 Å². The van der Waals surface area contributed by atoms with Crippen LogP contribution in [0.1, 0.15) is 44.6 Å². The fourth-order valence-corrected chi connectivity index (χ4v) is 4.95. The Labute approximate surface area is 175 Å². The lowest BCUT2D eigenvalue weighted by Crippen LogP contribution is -2.33. The van der Waals surface area contributed by atoms with Gasteiger partial charge in [0.25, 0.3) is 5.91 Å². The summed E-state index contributed by atoms with van der Waals surface area (Å²) in [7, 11) is 0. The summed E-state index contributed by atoms with van der Waals surface area (Å²) < 4.78 is 0.293.